The topological polar surface area (TPSA) is 73.4 Å². The van der Waals surface area contributed by atoms with Gasteiger partial charge in [0.25, 0.3) is 0 Å². The van der Waals surface area contributed by atoms with Crippen molar-refractivity contribution in [2.45, 2.75) is 33.0 Å². The van der Waals surface area contributed by atoms with Crippen LogP contribution in [0.5, 0.6) is 0 Å². The van der Waals surface area contributed by atoms with E-state index in [0.29, 0.717) is 0 Å². The number of nitrogens with zero attached hydrogens (tertiary/aromatic N) is 4. The molecule has 15 heavy (non-hydrogen) atoms. The molecule has 4 nitrogen and oxygen atoms in total. The van der Waals surface area contributed by atoms with Crippen molar-refractivity contribution in [3.63, 3.8) is 0 Å². The van der Waals surface area contributed by atoms with Gasteiger partial charge in [-0.15, -0.1) is 10.2 Å². The van der Waals surface area contributed by atoms with Crippen LogP contribution in [-0.4, -0.2) is 20.7 Å². The van der Waals surface area contributed by atoms with Crippen LogP contribution in [0.1, 0.15) is 13.8 Å². The SMILES string of the molecule is CC(C#N)Sc1nnc(SC(C)C#N)s1. The zero-order valence-electron chi connectivity index (χ0n) is 8.17. The maximum absolute atomic E-state index is 8.62. The lowest BCUT2D eigenvalue weighted by Crippen LogP contribution is -1.88. The van der Waals surface area contributed by atoms with Crippen molar-refractivity contribution >= 4 is 34.9 Å². The standard InChI is InChI=1S/C8H8N4S3/c1-5(3-9)13-7-11-12-8(15-7)14-6(2)4-10/h5-6H,1-2H3. The lowest BCUT2D eigenvalue weighted by molar-refractivity contribution is 0.951. The minimum atomic E-state index is -0.121. The molecular formula is C8H8N4S3. The molecule has 7 heteroatoms. The van der Waals surface area contributed by atoms with E-state index in [1.807, 2.05) is 13.8 Å². The molecule has 0 aliphatic rings. The van der Waals surface area contributed by atoms with Gasteiger partial charge in [-0.3, -0.25) is 0 Å². The van der Waals surface area contributed by atoms with E-state index in [-0.39, 0.29) is 10.5 Å². The third kappa shape index (κ3) is 4.08. The fourth-order valence-electron chi connectivity index (χ4n) is 0.648. The van der Waals surface area contributed by atoms with Gasteiger partial charge in [-0.05, 0) is 13.8 Å². The quantitative estimate of drug-likeness (QED) is 0.771. The van der Waals surface area contributed by atoms with Crippen LogP contribution >= 0.6 is 34.9 Å². The number of aromatic nitrogens is 2. The molecule has 0 aliphatic carbocycles. The first kappa shape index (κ1) is 12.3. The normalized spacial score (nSPS) is 13.9. The van der Waals surface area contributed by atoms with Crippen molar-refractivity contribution in [2.24, 2.45) is 0 Å². The molecule has 0 bridgehead atoms. The maximum atomic E-state index is 8.62. The lowest BCUT2D eigenvalue weighted by atomic mass is 10.5. The number of hydrogen-bond acceptors (Lipinski definition) is 7. The summed E-state index contributed by atoms with van der Waals surface area (Å²) < 4.78 is 1.55. The van der Waals surface area contributed by atoms with Crippen LogP contribution in [0.4, 0.5) is 0 Å². The second kappa shape index (κ2) is 5.96. The molecule has 0 aliphatic heterocycles. The van der Waals surface area contributed by atoms with Crippen LogP contribution in [0.15, 0.2) is 8.68 Å². The van der Waals surface area contributed by atoms with Crippen molar-refractivity contribution in [1.82, 2.24) is 10.2 Å². The van der Waals surface area contributed by atoms with Crippen molar-refractivity contribution in [1.29, 1.82) is 10.5 Å². The van der Waals surface area contributed by atoms with Gasteiger partial charge in [-0.1, -0.05) is 34.9 Å². The molecule has 0 aromatic carbocycles. The van der Waals surface area contributed by atoms with Gasteiger partial charge in [0.2, 0.25) is 0 Å². The number of thioether (sulfide) groups is 2. The third-order valence-electron chi connectivity index (χ3n) is 1.31. The summed E-state index contributed by atoms with van der Waals surface area (Å²) in [6.07, 6.45) is 0. The van der Waals surface area contributed by atoms with Crippen LogP contribution in [-0.2, 0) is 0 Å². The second-order valence-corrected chi connectivity index (χ2v) is 6.77. The molecular weight excluding hydrogens is 248 g/mol. The average molecular weight is 256 g/mol. The Morgan fingerprint density at radius 1 is 1.07 bits per heavy atom. The van der Waals surface area contributed by atoms with Gasteiger partial charge >= 0.3 is 0 Å². The van der Waals surface area contributed by atoms with Gasteiger partial charge in [0.1, 0.15) is 0 Å². The van der Waals surface area contributed by atoms with Gasteiger partial charge in [0.05, 0.1) is 22.6 Å². The molecule has 0 N–H and O–H groups in total. The molecule has 1 aromatic rings. The molecule has 1 aromatic heterocycles. The van der Waals surface area contributed by atoms with Gasteiger partial charge in [0, 0.05) is 0 Å². The highest BCUT2D eigenvalue weighted by atomic mass is 32.2. The predicted molar refractivity (Wildman–Crippen MR) is 61.8 cm³/mol. The Hall–Kier alpha value is -0.760. The summed E-state index contributed by atoms with van der Waals surface area (Å²) in [4.78, 5) is 0. The minimum Gasteiger partial charge on any atom is -0.197 e. The van der Waals surface area contributed by atoms with Gasteiger partial charge in [-0.25, -0.2) is 0 Å². The van der Waals surface area contributed by atoms with Crippen molar-refractivity contribution in [3.05, 3.63) is 0 Å². The van der Waals surface area contributed by atoms with Gasteiger partial charge in [-0.2, -0.15) is 10.5 Å². The first-order chi connectivity index (χ1) is 7.15. The van der Waals surface area contributed by atoms with Crippen LogP contribution in [0.3, 0.4) is 0 Å². The Morgan fingerprint density at radius 2 is 1.47 bits per heavy atom. The van der Waals surface area contributed by atoms with E-state index < -0.39 is 0 Å². The minimum absolute atomic E-state index is 0.121. The molecule has 2 atom stereocenters. The summed E-state index contributed by atoms with van der Waals surface area (Å²) in [5.41, 5.74) is 0. The smallest absolute Gasteiger partial charge is 0.176 e. The predicted octanol–water partition coefficient (Wildman–Crippen LogP) is 2.55. The third-order valence-corrected chi connectivity index (χ3v) is 4.38. The summed E-state index contributed by atoms with van der Waals surface area (Å²) in [6.45, 7) is 3.63. The first-order valence-corrected chi connectivity index (χ1v) is 6.69. The fraction of sp³-hybridized carbons (Fsp3) is 0.500. The summed E-state index contributed by atoms with van der Waals surface area (Å²) in [5.74, 6) is 0. The van der Waals surface area contributed by atoms with Gasteiger partial charge in [0.15, 0.2) is 8.68 Å². The highest BCUT2D eigenvalue weighted by Crippen LogP contribution is 2.32. The molecule has 0 saturated carbocycles. The molecule has 78 valence electrons. The molecule has 0 radical (unpaired) electrons. The Labute approximate surface area is 101 Å². The lowest BCUT2D eigenvalue weighted by Gasteiger charge is -1.95. The Kier molecular flexibility index (Phi) is 4.89. The fourth-order valence-corrected chi connectivity index (χ4v) is 3.73. The van der Waals surface area contributed by atoms with Crippen molar-refractivity contribution in [3.8, 4) is 12.1 Å². The van der Waals surface area contributed by atoms with E-state index in [1.54, 1.807) is 0 Å². The summed E-state index contributed by atoms with van der Waals surface area (Å²) in [5, 5.41) is 24.9. The van der Waals surface area contributed by atoms with Crippen LogP contribution < -0.4 is 0 Å². The highest BCUT2D eigenvalue weighted by Gasteiger charge is 2.11. The number of hydrogen-bond donors (Lipinski definition) is 0. The molecule has 0 amide bonds. The highest BCUT2D eigenvalue weighted by molar-refractivity contribution is 8.04. The van der Waals surface area contributed by atoms with E-state index in [1.165, 1.54) is 34.9 Å². The largest absolute Gasteiger partial charge is 0.197 e. The Morgan fingerprint density at radius 3 is 1.80 bits per heavy atom. The van der Waals surface area contributed by atoms with Gasteiger partial charge < -0.3 is 0 Å². The van der Waals surface area contributed by atoms with Crippen LogP contribution in [0.25, 0.3) is 0 Å². The molecule has 0 spiro atoms. The average Bonchev–Trinajstić information content (AvgIpc) is 2.65. The van der Waals surface area contributed by atoms with Crippen LogP contribution in [0.2, 0.25) is 0 Å². The van der Waals surface area contributed by atoms with E-state index in [4.69, 9.17) is 10.5 Å². The molecule has 0 fully saturated rings. The van der Waals surface area contributed by atoms with E-state index >= 15 is 0 Å². The number of rotatable bonds is 4. The van der Waals surface area contributed by atoms with E-state index in [0.717, 1.165) is 8.68 Å². The molecule has 2 unspecified atom stereocenters. The van der Waals surface area contributed by atoms with Crippen molar-refractivity contribution < 1.29 is 0 Å². The number of nitriles is 2. The zero-order valence-corrected chi connectivity index (χ0v) is 10.6. The molecule has 1 heterocycles. The summed E-state index contributed by atoms with van der Waals surface area (Å²) >= 11 is 4.20. The molecule has 0 saturated heterocycles. The Balaban J connectivity index is 2.58. The monoisotopic (exact) mass is 256 g/mol. The molecule has 1 rings (SSSR count). The summed E-state index contributed by atoms with van der Waals surface area (Å²) in [7, 11) is 0. The zero-order chi connectivity index (χ0) is 11.3. The first-order valence-electron chi connectivity index (χ1n) is 4.11. The van der Waals surface area contributed by atoms with Crippen molar-refractivity contribution in [2.75, 3.05) is 0 Å². The van der Waals surface area contributed by atoms with E-state index in [9.17, 15) is 0 Å². The summed E-state index contributed by atoms with van der Waals surface area (Å²) in [6, 6.07) is 4.23. The van der Waals surface area contributed by atoms with Crippen LogP contribution in [0, 0.1) is 22.7 Å². The second-order valence-electron chi connectivity index (χ2n) is 2.61. The Bertz CT molecular complexity index is 366. The van der Waals surface area contributed by atoms with E-state index in [2.05, 4.69) is 22.3 Å². The maximum Gasteiger partial charge on any atom is 0.176 e.